The zero-order valence-corrected chi connectivity index (χ0v) is 23.8. The van der Waals surface area contributed by atoms with Gasteiger partial charge in [-0.2, -0.15) is 0 Å². The number of halogens is 1. The van der Waals surface area contributed by atoms with Gasteiger partial charge in [0.1, 0.15) is 18.4 Å². The van der Waals surface area contributed by atoms with Crippen molar-refractivity contribution in [2.45, 2.75) is 45.2 Å². The van der Waals surface area contributed by atoms with Crippen LogP contribution in [-0.4, -0.2) is 51.0 Å². The minimum atomic E-state index is -3.85. The molecule has 1 atom stereocenters. The summed E-state index contributed by atoms with van der Waals surface area (Å²) in [6.07, 6.45) is 1.26. The Balaban J connectivity index is 2.01. The van der Waals surface area contributed by atoms with Crippen LogP contribution in [0.5, 0.6) is 0 Å². The number of anilines is 1. The summed E-state index contributed by atoms with van der Waals surface area (Å²) in [6, 6.07) is 21.0. The summed E-state index contributed by atoms with van der Waals surface area (Å²) in [7, 11) is -2.36. The fraction of sp³-hybridized carbons (Fsp3) is 0.333. The lowest BCUT2D eigenvalue weighted by Gasteiger charge is -2.33. The van der Waals surface area contributed by atoms with Crippen LogP contribution in [0.2, 0.25) is 0 Å². The van der Waals surface area contributed by atoms with E-state index in [9.17, 15) is 22.4 Å². The summed E-state index contributed by atoms with van der Waals surface area (Å²) in [5.74, 6) is -1.38. The number of hydrogen-bond acceptors (Lipinski definition) is 4. The zero-order valence-electron chi connectivity index (χ0n) is 23.0. The van der Waals surface area contributed by atoms with Gasteiger partial charge in [-0.05, 0) is 46.4 Å². The van der Waals surface area contributed by atoms with E-state index in [1.807, 2.05) is 42.5 Å². The standard InChI is InChI=1S/C30H36FN3O4S/c1-30(2,3)24-13-17-26(18-14-24)34(39(5,37)38)21-28(35)33(20-23-11-15-25(31)16-12-23)27(29(36)32-4)19-22-9-7-6-8-10-22/h6-18,27H,19-21H2,1-5H3,(H,32,36)/t27-/m0/s1. The zero-order chi connectivity index (χ0) is 28.8. The minimum absolute atomic E-state index is 0.00933. The highest BCUT2D eigenvalue weighted by Gasteiger charge is 2.32. The van der Waals surface area contributed by atoms with E-state index in [2.05, 4.69) is 26.1 Å². The first kappa shape index (κ1) is 29.8. The highest BCUT2D eigenvalue weighted by atomic mass is 32.2. The van der Waals surface area contributed by atoms with Crippen LogP contribution in [0.15, 0.2) is 78.9 Å². The third-order valence-corrected chi connectivity index (χ3v) is 7.62. The molecule has 9 heteroatoms. The minimum Gasteiger partial charge on any atom is -0.357 e. The van der Waals surface area contributed by atoms with Gasteiger partial charge < -0.3 is 10.2 Å². The molecule has 7 nitrogen and oxygen atoms in total. The van der Waals surface area contributed by atoms with Gasteiger partial charge in [0.2, 0.25) is 21.8 Å². The second kappa shape index (κ2) is 12.4. The number of nitrogens with zero attached hydrogens (tertiary/aromatic N) is 2. The first-order valence-corrected chi connectivity index (χ1v) is 14.5. The van der Waals surface area contributed by atoms with Crippen molar-refractivity contribution in [1.29, 1.82) is 0 Å². The van der Waals surface area contributed by atoms with Crippen molar-refractivity contribution < 1.29 is 22.4 Å². The molecule has 39 heavy (non-hydrogen) atoms. The van der Waals surface area contributed by atoms with E-state index >= 15 is 0 Å². The average molecular weight is 554 g/mol. The Hall–Kier alpha value is -3.72. The first-order chi connectivity index (χ1) is 18.3. The molecular formula is C30H36FN3O4S. The van der Waals surface area contributed by atoms with Crippen LogP contribution >= 0.6 is 0 Å². The van der Waals surface area contributed by atoms with E-state index in [1.165, 1.54) is 24.1 Å². The molecule has 208 valence electrons. The maximum absolute atomic E-state index is 13.9. The second-order valence-electron chi connectivity index (χ2n) is 10.5. The molecule has 0 radical (unpaired) electrons. The molecule has 0 heterocycles. The molecule has 0 aromatic heterocycles. The predicted molar refractivity (Wildman–Crippen MR) is 152 cm³/mol. The number of carbonyl (C=O) groups is 2. The number of sulfonamides is 1. The Bertz CT molecular complexity index is 1370. The first-order valence-electron chi connectivity index (χ1n) is 12.7. The van der Waals surface area contributed by atoms with Crippen molar-refractivity contribution in [2.75, 3.05) is 24.2 Å². The molecule has 3 aromatic rings. The maximum atomic E-state index is 13.9. The third-order valence-electron chi connectivity index (χ3n) is 6.48. The number of likely N-dealkylation sites (N-methyl/N-ethyl adjacent to an activating group) is 1. The average Bonchev–Trinajstić information content (AvgIpc) is 2.89. The topological polar surface area (TPSA) is 86.8 Å². The molecule has 0 unspecified atom stereocenters. The Labute approximate surface area is 230 Å². The van der Waals surface area contributed by atoms with Gasteiger partial charge in [-0.1, -0.05) is 75.4 Å². The fourth-order valence-electron chi connectivity index (χ4n) is 4.25. The number of nitrogens with one attached hydrogen (secondary N) is 1. The van der Waals surface area contributed by atoms with Crippen LogP contribution in [-0.2, 0) is 38.0 Å². The predicted octanol–water partition coefficient (Wildman–Crippen LogP) is 4.28. The molecule has 3 aromatic carbocycles. The van der Waals surface area contributed by atoms with Crippen LogP contribution in [0.25, 0.3) is 0 Å². The van der Waals surface area contributed by atoms with Gasteiger partial charge in [0.15, 0.2) is 0 Å². The van der Waals surface area contributed by atoms with Gasteiger partial charge in [0.05, 0.1) is 11.9 Å². The summed E-state index contributed by atoms with van der Waals surface area (Å²) in [4.78, 5) is 28.3. The lowest BCUT2D eigenvalue weighted by Crippen LogP contribution is -2.52. The highest BCUT2D eigenvalue weighted by Crippen LogP contribution is 2.26. The van der Waals surface area contributed by atoms with Gasteiger partial charge in [-0.15, -0.1) is 0 Å². The fourth-order valence-corrected chi connectivity index (χ4v) is 5.10. The molecule has 2 amide bonds. The molecule has 0 saturated heterocycles. The molecule has 0 fully saturated rings. The van der Waals surface area contributed by atoms with Gasteiger partial charge in [-0.3, -0.25) is 13.9 Å². The number of amides is 2. The molecule has 0 aliphatic rings. The van der Waals surface area contributed by atoms with Crippen LogP contribution in [0.1, 0.15) is 37.5 Å². The van der Waals surface area contributed by atoms with E-state index in [-0.39, 0.29) is 18.4 Å². The van der Waals surface area contributed by atoms with Crippen molar-refractivity contribution in [3.8, 4) is 0 Å². The smallest absolute Gasteiger partial charge is 0.244 e. The molecule has 0 bridgehead atoms. The maximum Gasteiger partial charge on any atom is 0.244 e. The van der Waals surface area contributed by atoms with Gasteiger partial charge in [-0.25, -0.2) is 12.8 Å². The molecule has 0 aliphatic heterocycles. The van der Waals surface area contributed by atoms with Crippen molar-refractivity contribution in [2.24, 2.45) is 0 Å². The van der Waals surface area contributed by atoms with Crippen molar-refractivity contribution in [3.05, 3.63) is 101 Å². The molecule has 0 saturated carbocycles. The van der Waals surface area contributed by atoms with Crippen LogP contribution in [0.3, 0.4) is 0 Å². The second-order valence-corrected chi connectivity index (χ2v) is 12.4. The van der Waals surface area contributed by atoms with Crippen LogP contribution in [0.4, 0.5) is 10.1 Å². The van der Waals surface area contributed by atoms with Crippen LogP contribution < -0.4 is 9.62 Å². The molecule has 3 rings (SSSR count). The Morgan fingerprint density at radius 2 is 1.49 bits per heavy atom. The molecule has 1 N–H and O–H groups in total. The SMILES string of the molecule is CNC(=O)[C@H](Cc1ccccc1)N(Cc1ccc(F)cc1)C(=O)CN(c1ccc(C(C)(C)C)cc1)S(C)(=O)=O. The van der Waals surface area contributed by atoms with Crippen LogP contribution in [0, 0.1) is 5.82 Å². The number of hydrogen-bond donors (Lipinski definition) is 1. The van der Waals surface area contributed by atoms with Gasteiger partial charge in [0, 0.05) is 20.0 Å². The third kappa shape index (κ3) is 8.13. The lowest BCUT2D eigenvalue weighted by atomic mass is 9.87. The van der Waals surface area contributed by atoms with E-state index < -0.39 is 40.2 Å². The van der Waals surface area contributed by atoms with Crippen molar-refractivity contribution >= 4 is 27.5 Å². The van der Waals surface area contributed by atoms with E-state index in [0.717, 1.165) is 21.7 Å². The van der Waals surface area contributed by atoms with Gasteiger partial charge in [0.25, 0.3) is 0 Å². The monoisotopic (exact) mass is 553 g/mol. The number of benzene rings is 3. The number of carbonyl (C=O) groups excluding carboxylic acids is 2. The van der Waals surface area contributed by atoms with Crippen molar-refractivity contribution in [1.82, 2.24) is 10.2 Å². The summed E-state index contributed by atoms with van der Waals surface area (Å²) in [6.45, 7) is 5.65. The van der Waals surface area contributed by atoms with E-state index in [4.69, 9.17) is 0 Å². The lowest BCUT2D eigenvalue weighted by molar-refractivity contribution is -0.139. The van der Waals surface area contributed by atoms with E-state index in [0.29, 0.717) is 11.3 Å². The van der Waals surface area contributed by atoms with Crippen molar-refractivity contribution in [3.63, 3.8) is 0 Å². The molecule has 0 aliphatic carbocycles. The summed E-state index contributed by atoms with van der Waals surface area (Å²) in [5, 5.41) is 2.63. The Morgan fingerprint density at radius 3 is 2.00 bits per heavy atom. The Kier molecular flexibility index (Phi) is 9.50. The summed E-state index contributed by atoms with van der Waals surface area (Å²) in [5.41, 5.74) is 2.67. The summed E-state index contributed by atoms with van der Waals surface area (Å²) < 4.78 is 40.3. The molecule has 0 spiro atoms. The largest absolute Gasteiger partial charge is 0.357 e. The normalized spacial score (nSPS) is 12.5. The van der Waals surface area contributed by atoms with Gasteiger partial charge >= 0.3 is 0 Å². The number of rotatable bonds is 10. The quantitative estimate of drug-likeness (QED) is 0.406. The van der Waals surface area contributed by atoms with E-state index in [1.54, 1.807) is 24.3 Å². The summed E-state index contributed by atoms with van der Waals surface area (Å²) >= 11 is 0. The Morgan fingerprint density at radius 1 is 0.897 bits per heavy atom. The molecular weight excluding hydrogens is 517 g/mol. The highest BCUT2D eigenvalue weighted by molar-refractivity contribution is 7.92.